The Labute approximate surface area is 108 Å². The van der Waals surface area contributed by atoms with Crippen molar-refractivity contribution in [2.45, 2.75) is 19.8 Å². The molecule has 0 saturated heterocycles. The molecule has 0 saturated carbocycles. The van der Waals surface area contributed by atoms with Gasteiger partial charge >= 0.3 is 0 Å². The Balaban J connectivity index is 2.40. The van der Waals surface area contributed by atoms with E-state index in [1.54, 1.807) is 7.11 Å². The van der Waals surface area contributed by atoms with E-state index in [1.165, 1.54) is 5.56 Å². The fourth-order valence-corrected chi connectivity index (χ4v) is 2.37. The third-order valence-corrected chi connectivity index (χ3v) is 3.44. The quantitative estimate of drug-likeness (QED) is 0.883. The topological polar surface area (TPSA) is 55.6 Å². The van der Waals surface area contributed by atoms with Gasteiger partial charge in [-0.05, 0) is 24.5 Å². The van der Waals surface area contributed by atoms with Crippen LogP contribution in [0, 0.1) is 5.92 Å². The number of nitrogens with zero attached hydrogens (tertiary/aromatic N) is 1. The van der Waals surface area contributed by atoms with Crippen LogP contribution in [0.5, 0.6) is 5.75 Å². The largest absolute Gasteiger partial charge is 0.495 e. The highest BCUT2D eigenvalue weighted by atomic mass is 16.5. The summed E-state index contributed by atoms with van der Waals surface area (Å²) >= 11 is 0. The second-order valence-electron chi connectivity index (χ2n) is 4.70. The molecule has 1 aromatic carbocycles. The first-order valence-corrected chi connectivity index (χ1v) is 6.36. The summed E-state index contributed by atoms with van der Waals surface area (Å²) in [6.45, 7) is 2.99. The lowest BCUT2D eigenvalue weighted by molar-refractivity contribution is -0.121. The van der Waals surface area contributed by atoms with Crippen molar-refractivity contribution in [1.29, 1.82) is 0 Å². The van der Waals surface area contributed by atoms with Gasteiger partial charge in [-0.1, -0.05) is 19.1 Å². The predicted octanol–water partition coefficient (Wildman–Crippen LogP) is 1.57. The van der Waals surface area contributed by atoms with Crippen LogP contribution in [0.25, 0.3) is 0 Å². The minimum absolute atomic E-state index is 0.0861. The molecular weight excluding hydrogens is 228 g/mol. The Hall–Kier alpha value is -1.55. The van der Waals surface area contributed by atoms with Gasteiger partial charge in [0.05, 0.1) is 12.8 Å². The number of hydrogen-bond donors (Lipinski definition) is 1. The summed E-state index contributed by atoms with van der Waals surface area (Å²) < 4.78 is 5.38. The van der Waals surface area contributed by atoms with Crippen LogP contribution < -0.4 is 15.4 Å². The number of methoxy groups -OCH3 is 1. The Morgan fingerprint density at radius 1 is 1.56 bits per heavy atom. The van der Waals surface area contributed by atoms with Gasteiger partial charge in [-0.2, -0.15) is 0 Å². The van der Waals surface area contributed by atoms with Crippen LogP contribution in [-0.2, 0) is 11.2 Å². The molecule has 1 heterocycles. The number of benzene rings is 1. The lowest BCUT2D eigenvalue weighted by Crippen LogP contribution is -2.41. The highest BCUT2D eigenvalue weighted by Gasteiger charge is 2.28. The van der Waals surface area contributed by atoms with Crippen molar-refractivity contribution in [2.75, 3.05) is 25.1 Å². The molecule has 1 atom stereocenters. The number of ether oxygens (including phenoxy) is 1. The van der Waals surface area contributed by atoms with E-state index >= 15 is 0 Å². The third-order valence-electron chi connectivity index (χ3n) is 3.44. The number of carbonyl (C=O) groups excluding carboxylic acids is 1. The molecule has 1 unspecified atom stereocenters. The van der Waals surface area contributed by atoms with Gasteiger partial charge in [-0.3, -0.25) is 4.79 Å². The summed E-state index contributed by atoms with van der Waals surface area (Å²) in [5.74, 6) is 0.702. The van der Waals surface area contributed by atoms with Crippen LogP contribution in [-0.4, -0.2) is 26.1 Å². The normalized spacial score (nSPS) is 16.1. The molecule has 0 bridgehead atoms. The number of anilines is 1. The van der Waals surface area contributed by atoms with E-state index < -0.39 is 0 Å². The molecule has 0 aromatic heterocycles. The fourth-order valence-electron chi connectivity index (χ4n) is 2.37. The Morgan fingerprint density at radius 3 is 3.00 bits per heavy atom. The van der Waals surface area contributed by atoms with Crippen molar-refractivity contribution >= 4 is 11.6 Å². The highest BCUT2D eigenvalue weighted by molar-refractivity contribution is 5.97. The average Bonchev–Trinajstić information content (AvgIpc) is 2.44. The third kappa shape index (κ3) is 2.20. The fraction of sp³-hybridized carbons (Fsp3) is 0.500. The zero-order chi connectivity index (χ0) is 13.1. The van der Waals surface area contributed by atoms with E-state index in [0.29, 0.717) is 6.54 Å². The van der Waals surface area contributed by atoms with Gasteiger partial charge in [0.2, 0.25) is 5.91 Å². The van der Waals surface area contributed by atoms with Crippen molar-refractivity contribution in [3.63, 3.8) is 0 Å². The van der Waals surface area contributed by atoms with E-state index in [1.807, 2.05) is 24.0 Å². The van der Waals surface area contributed by atoms with E-state index in [4.69, 9.17) is 10.5 Å². The SMILES string of the molecule is COc1cccc2c1N(C(=O)C(C)CN)CCC2. The van der Waals surface area contributed by atoms with Crippen LogP contribution in [0.4, 0.5) is 5.69 Å². The minimum atomic E-state index is -0.152. The van der Waals surface area contributed by atoms with E-state index in [-0.39, 0.29) is 11.8 Å². The number of nitrogens with two attached hydrogens (primary N) is 1. The monoisotopic (exact) mass is 248 g/mol. The van der Waals surface area contributed by atoms with Gasteiger partial charge in [0, 0.05) is 19.0 Å². The van der Waals surface area contributed by atoms with Crippen LogP contribution >= 0.6 is 0 Å². The van der Waals surface area contributed by atoms with Crippen LogP contribution in [0.2, 0.25) is 0 Å². The maximum atomic E-state index is 12.4. The van der Waals surface area contributed by atoms with Crippen LogP contribution in [0.15, 0.2) is 18.2 Å². The first kappa shape index (κ1) is 12.9. The summed E-state index contributed by atoms with van der Waals surface area (Å²) in [6.07, 6.45) is 1.98. The number of aryl methyl sites for hydroxylation is 1. The van der Waals surface area contributed by atoms with Crippen molar-refractivity contribution in [3.8, 4) is 5.75 Å². The molecule has 98 valence electrons. The second-order valence-corrected chi connectivity index (χ2v) is 4.70. The Bertz CT molecular complexity index is 431. The molecule has 1 aliphatic rings. The van der Waals surface area contributed by atoms with Gasteiger partial charge in [0.15, 0.2) is 0 Å². The maximum absolute atomic E-state index is 12.4. The number of amides is 1. The first-order chi connectivity index (χ1) is 8.69. The summed E-state index contributed by atoms with van der Waals surface area (Å²) in [5, 5.41) is 0. The molecule has 2 N–H and O–H groups in total. The number of para-hydroxylation sites is 1. The van der Waals surface area contributed by atoms with Gasteiger partial charge in [0.25, 0.3) is 0 Å². The molecule has 18 heavy (non-hydrogen) atoms. The maximum Gasteiger partial charge on any atom is 0.231 e. The van der Waals surface area contributed by atoms with Crippen molar-refractivity contribution in [2.24, 2.45) is 11.7 Å². The molecule has 0 radical (unpaired) electrons. The molecular formula is C14H20N2O2. The lowest BCUT2D eigenvalue weighted by atomic mass is 9.99. The van der Waals surface area contributed by atoms with Crippen molar-refractivity contribution in [1.82, 2.24) is 0 Å². The summed E-state index contributed by atoms with van der Waals surface area (Å²) in [5.41, 5.74) is 7.70. The van der Waals surface area contributed by atoms with Gasteiger partial charge in [-0.15, -0.1) is 0 Å². The summed E-state index contributed by atoms with van der Waals surface area (Å²) in [4.78, 5) is 14.2. The molecule has 4 heteroatoms. The number of fused-ring (bicyclic) bond motifs is 1. The second kappa shape index (κ2) is 5.40. The van der Waals surface area contributed by atoms with Crippen LogP contribution in [0.1, 0.15) is 18.9 Å². The first-order valence-electron chi connectivity index (χ1n) is 6.36. The predicted molar refractivity (Wildman–Crippen MR) is 71.9 cm³/mol. The van der Waals surface area contributed by atoms with Gasteiger partial charge in [-0.25, -0.2) is 0 Å². The van der Waals surface area contributed by atoms with E-state index in [0.717, 1.165) is 30.8 Å². The number of hydrogen-bond acceptors (Lipinski definition) is 3. The molecule has 2 rings (SSSR count). The van der Waals surface area contributed by atoms with E-state index in [9.17, 15) is 4.79 Å². The van der Waals surface area contributed by atoms with Gasteiger partial charge in [0.1, 0.15) is 5.75 Å². The molecule has 0 spiro atoms. The molecule has 0 fully saturated rings. The summed E-state index contributed by atoms with van der Waals surface area (Å²) in [7, 11) is 1.64. The van der Waals surface area contributed by atoms with Crippen LogP contribution in [0.3, 0.4) is 0 Å². The standard InChI is InChI=1S/C14H20N2O2/c1-10(9-15)14(17)16-8-4-6-11-5-3-7-12(18-2)13(11)16/h3,5,7,10H,4,6,8-9,15H2,1-2H3. The zero-order valence-electron chi connectivity index (χ0n) is 11.0. The number of carbonyl (C=O) groups is 1. The van der Waals surface area contributed by atoms with Crippen molar-refractivity contribution < 1.29 is 9.53 Å². The van der Waals surface area contributed by atoms with Gasteiger partial charge < -0.3 is 15.4 Å². The molecule has 1 amide bonds. The number of rotatable bonds is 3. The smallest absolute Gasteiger partial charge is 0.231 e. The Kier molecular flexibility index (Phi) is 3.87. The molecule has 4 nitrogen and oxygen atoms in total. The lowest BCUT2D eigenvalue weighted by Gasteiger charge is -2.32. The van der Waals surface area contributed by atoms with Crippen molar-refractivity contribution in [3.05, 3.63) is 23.8 Å². The molecule has 1 aliphatic heterocycles. The Morgan fingerprint density at radius 2 is 2.33 bits per heavy atom. The zero-order valence-corrected chi connectivity index (χ0v) is 11.0. The molecule has 0 aliphatic carbocycles. The average molecular weight is 248 g/mol. The highest BCUT2D eigenvalue weighted by Crippen LogP contribution is 2.36. The summed E-state index contributed by atoms with van der Waals surface area (Å²) in [6, 6.07) is 5.93. The molecule has 1 aromatic rings. The minimum Gasteiger partial charge on any atom is -0.495 e. The van der Waals surface area contributed by atoms with E-state index in [2.05, 4.69) is 6.07 Å².